The molecule has 12 nitrogen and oxygen atoms in total. The lowest BCUT2D eigenvalue weighted by molar-refractivity contribution is -0.151. The molecule has 12 heteroatoms. The van der Waals surface area contributed by atoms with E-state index in [1.54, 1.807) is 6.92 Å². The lowest BCUT2D eigenvalue weighted by Gasteiger charge is -2.17. The number of fused-ring (bicyclic) bond motifs is 1. The van der Waals surface area contributed by atoms with Crippen molar-refractivity contribution in [3.8, 4) is 0 Å². The highest BCUT2D eigenvalue weighted by Crippen LogP contribution is 2.35. The smallest absolute Gasteiger partial charge is 0.308 e. The number of rotatable bonds is 22. The van der Waals surface area contributed by atoms with Crippen LogP contribution < -0.4 is 11.5 Å². The molecule has 1 fully saturated rings. The van der Waals surface area contributed by atoms with E-state index in [4.69, 9.17) is 25.7 Å². The van der Waals surface area contributed by atoms with E-state index in [0.29, 0.717) is 12.4 Å². The summed E-state index contributed by atoms with van der Waals surface area (Å²) in [4.78, 5) is 32.7. The molecule has 6 N–H and O–H groups in total. The summed E-state index contributed by atoms with van der Waals surface area (Å²) in [5.74, 6) is -0.836. The molecule has 0 radical (unpaired) electrons. The molecule has 2 aromatic rings. The van der Waals surface area contributed by atoms with Gasteiger partial charge in [-0.05, 0) is 13.3 Å². The van der Waals surface area contributed by atoms with Crippen LogP contribution in [-0.2, 0) is 19.0 Å². The number of hydrogen-bond acceptors (Lipinski definition) is 10. The zero-order chi connectivity index (χ0) is 31.9. The van der Waals surface area contributed by atoms with E-state index >= 15 is 0 Å². The number of carbonyl (C=O) groups is 2. The second kappa shape index (κ2) is 18.9. The number of aryl methyl sites for hydroxylation is 1. The lowest BCUT2D eigenvalue weighted by atomic mass is 10.0. The van der Waals surface area contributed by atoms with Crippen molar-refractivity contribution in [3.63, 3.8) is 0 Å². The molecular weight excluding hydrogens is 566 g/mol. The van der Waals surface area contributed by atoms with Gasteiger partial charge in [-0.25, -0.2) is 9.97 Å². The number of aliphatic hydroxyl groups excluding tert-OH is 2. The Morgan fingerprint density at radius 2 is 1.50 bits per heavy atom. The van der Waals surface area contributed by atoms with Gasteiger partial charge in [0.15, 0.2) is 6.23 Å². The largest absolute Gasteiger partial charge is 0.463 e. The van der Waals surface area contributed by atoms with Gasteiger partial charge >= 0.3 is 5.97 Å². The summed E-state index contributed by atoms with van der Waals surface area (Å²) in [6.45, 7) is 4.48. The number of nitrogen functional groups attached to an aromatic ring is 1. The van der Waals surface area contributed by atoms with Gasteiger partial charge in [0.2, 0.25) is 0 Å². The van der Waals surface area contributed by atoms with E-state index in [1.165, 1.54) is 87.8 Å². The molecule has 0 saturated carbocycles. The number of ether oxygens (including phenoxy) is 3. The van der Waals surface area contributed by atoms with Gasteiger partial charge in [0, 0.05) is 12.8 Å². The molecule has 248 valence electrons. The van der Waals surface area contributed by atoms with Gasteiger partial charge in [0.1, 0.15) is 42.2 Å². The summed E-state index contributed by atoms with van der Waals surface area (Å²) in [6, 6.07) is 0. The number of esters is 1. The summed E-state index contributed by atoms with van der Waals surface area (Å²) in [6.07, 6.45) is 14.8. The Hall–Kier alpha value is -2.80. The first-order valence-corrected chi connectivity index (χ1v) is 16.4. The predicted molar refractivity (Wildman–Crippen MR) is 168 cm³/mol. The number of nitrogens with two attached hydrogens (primary N) is 2. The Kier molecular flexibility index (Phi) is 15.3. The monoisotopic (exact) mass is 619 g/mol. The van der Waals surface area contributed by atoms with Gasteiger partial charge in [0.25, 0.3) is 5.91 Å². The summed E-state index contributed by atoms with van der Waals surface area (Å²) in [7, 11) is 0. The Morgan fingerprint density at radius 1 is 0.909 bits per heavy atom. The number of aromatic nitrogens is 3. The van der Waals surface area contributed by atoms with E-state index in [9.17, 15) is 19.8 Å². The topological polar surface area (TPSA) is 185 Å². The number of amides is 1. The van der Waals surface area contributed by atoms with Crippen molar-refractivity contribution in [2.24, 2.45) is 5.73 Å². The molecule has 1 saturated heterocycles. The van der Waals surface area contributed by atoms with Crippen LogP contribution in [0.2, 0.25) is 0 Å². The first-order chi connectivity index (χ1) is 21.2. The molecule has 3 heterocycles. The van der Waals surface area contributed by atoms with Crippen molar-refractivity contribution in [3.05, 3.63) is 17.6 Å². The quantitative estimate of drug-likeness (QED) is 0.108. The van der Waals surface area contributed by atoms with Crippen LogP contribution in [0.5, 0.6) is 0 Å². The fourth-order valence-electron chi connectivity index (χ4n) is 5.67. The minimum Gasteiger partial charge on any atom is -0.463 e. The summed E-state index contributed by atoms with van der Waals surface area (Å²) >= 11 is 0. The molecular formula is C32H53N5O7. The standard InChI is InChI=1S/C32H53N5O7/c1-3-4-5-6-7-8-9-10-11-12-13-14-15-16-18-42-19-17-25(38)43-21-24-27(39)28(40)32(44-24)37-20-23(30(34)41)26-29(33)35-22(2)36-31(26)37/h20,24,27-28,32,39-40H,3-19,21H2,1-2H3,(H2,34,41)(H2,33,35,36). The number of nitrogens with zero attached hydrogens (tertiary/aromatic N) is 3. The first-order valence-electron chi connectivity index (χ1n) is 16.4. The highest BCUT2D eigenvalue weighted by Gasteiger charge is 2.45. The number of unbranched alkanes of at least 4 members (excludes halogenated alkanes) is 13. The zero-order valence-corrected chi connectivity index (χ0v) is 26.5. The molecule has 44 heavy (non-hydrogen) atoms. The maximum Gasteiger partial charge on any atom is 0.308 e. The maximum absolute atomic E-state index is 12.2. The third-order valence-electron chi connectivity index (χ3n) is 8.19. The molecule has 4 atom stereocenters. The molecule has 0 spiro atoms. The normalized spacial score (nSPS) is 20.0. The molecule has 0 aromatic carbocycles. The minimum atomic E-state index is -1.39. The zero-order valence-electron chi connectivity index (χ0n) is 26.5. The second-order valence-electron chi connectivity index (χ2n) is 11.9. The lowest BCUT2D eigenvalue weighted by Crippen LogP contribution is -2.34. The fourth-order valence-corrected chi connectivity index (χ4v) is 5.67. The van der Waals surface area contributed by atoms with Crippen molar-refractivity contribution < 1.29 is 34.0 Å². The van der Waals surface area contributed by atoms with E-state index in [-0.39, 0.29) is 42.0 Å². The average molecular weight is 620 g/mol. The Bertz CT molecular complexity index is 1170. The SMILES string of the molecule is CCCCCCCCCCCCCCCCOCCC(=O)OCC1OC(n2cc(C(N)=O)c3c(N)nc(C)nc32)C(O)C1O. The fraction of sp³-hybridized carbons (Fsp3) is 0.750. The number of aliphatic hydroxyl groups is 2. The van der Waals surface area contributed by atoms with E-state index in [0.717, 1.165) is 12.8 Å². The Labute approximate surface area is 260 Å². The van der Waals surface area contributed by atoms with Crippen LogP contribution in [0.4, 0.5) is 5.82 Å². The maximum atomic E-state index is 12.2. The second-order valence-corrected chi connectivity index (χ2v) is 11.9. The van der Waals surface area contributed by atoms with Gasteiger partial charge in [0.05, 0.1) is 24.0 Å². The number of hydrogen-bond donors (Lipinski definition) is 4. The summed E-state index contributed by atoms with van der Waals surface area (Å²) in [5.41, 5.74) is 11.8. The Morgan fingerprint density at radius 3 is 2.09 bits per heavy atom. The van der Waals surface area contributed by atoms with Crippen LogP contribution in [0, 0.1) is 6.92 Å². The molecule has 0 bridgehead atoms. The molecule has 4 unspecified atom stereocenters. The summed E-state index contributed by atoms with van der Waals surface area (Å²) < 4.78 is 18.1. The molecule has 0 aliphatic carbocycles. The van der Waals surface area contributed by atoms with Crippen molar-refractivity contribution in [1.82, 2.24) is 14.5 Å². The third kappa shape index (κ3) is 10.7. The summed E-state index contributed by atoms with van der Waals surface area (Å²) in [5, 5.41) is 21.5. The van der Waals surface area contributed by atoms with Crippen LogP contribution in [0.25, 0.3) is 11.0 Å². The van der Waals surface area contributed by atoms with Crippen molar-refractivity contribution in [2.45, 2.75) is 135 Å². The third-order valence-corrected chi connectivity index (χ3v) is 8.19. The molecule has 1 aliphatic rings. The van der Waals surface area contributed by atoms with E-state index < -0.39 is 36.4 Å². The first kappa shape index (κ1) is 35.7. The van der Waals surface area contributed by atoms with Crippen molar-refractivity contribution in [2.75, 3.05) is 25.6 Å². The Balaban J connectivity index is 1.27. The predicted octanol–water partition coefficient (Wildman–Crippen LogP) is 4.47. The molecule has 1 aliphatic heterocycles. The van der Waals surface area contributed by atoms with Gasteiger partial charge in [-0.3, -0.25) is 9.59 Å². The van der Waals surface area contributed by atoms with Gasteiger partial charge in [-0.1, -0.05) is 90.4 Å². The molecule has 2 aromatic heterocycles. The van der Waals surface area contributed by atoms with E-state index in [2.05, 4.69) is 16.9 Å². The highest BCUT2D eigenvalue weighted by molar-refractivity contribution is 6.08. The van der Waals surface area contributed by atoms with Crippen LogP contribution >= 0.6 is 0 Å². The van der Waals surface area contributed by atoms with Crippen LogP contribution in [0.1, 0.15) is 126 Å². The van der Waals surface area contributed by atoms with Crippen LogP contribution in [0.3, 0.4) is 0 Å². The highest BCUT2D eigenvalue weighted by atomic mass is 16.6. The van der Waals surface area contributed by atoms with Crippen molar-refractivity contribution in [1.29, 1.82) is 0 Å². The number of primary amides is 1. The van der Waals surface area contributed by atoms with E-state index in [1.807, 2.05) is 0 Å². The van der Waals surface area contributed by atoms with Gasteiger partial charge < -0.3 is 40.5 Å². The average Bonchev–Trinajstić information content (AvgIpc) is 3.50. The molecule has 1 amide bonds. The van der Waals surface area contributed by atoms with Crippen molar-refractivity contribution >= 4 is 28.7 Å². The van der Waals surface area contributed by atoms with Crippen LogP contribution in [-0.4, -0.2) is 74.8 Å². The number of anilines is 1. The number of carbonyl (C=O) groups excluding carboxylic acids is 2. The van der Waals surface area contributed by atoms with Crippen LogP contribution in [0.15, 0.2) is 6.20 Å². The minimum absolute atomic E-state index is 0.0603. The van der Waals surface area contributed by atoms with Gasteiger partial charge in [-0.15, -0.1) is 0 Å². The van der Waals surface area contributed by atoms with Gasteiger partial charge in [-0.2, -0.15) is 0 Å². The molecule has 3 rings (SSSR count).